The van der Waals surface area contributed by atoms with Gasteiger partial charge in [-0.3, -0.25) is 4.79 Å². The molecule has 0 heterocycles. The Bertz CT molecular complexity index is 379. The molecule has 0 aliphatic heterocycles. The third-order valence-electron chi connectivity index (χ3n) is 2.20. The van der Waals surface area contributed by atoms with Gasteiger partial charge in [0.1, 0.15) is 5.82 Å². The third kappa shape index (κ3) is 1.52. The second-order valence-electron chi connectivity index (χ2n) is 3.12. The van der Waals surface area contributed by atoms with Crippen LogP contribution in [0, 0.1) is 5.82 Å². The number of carbonyl (C=O) groups is 1. The Morgan fingerprint density at radius 3 is 2.54 bits per heavy atom. The fraction of sp³-hybridized carbons (Fsp3) is 0.182. The van der Waals surface area contributed by atoms with Crippen LogP contribution in [0.25, 0.3) is 5.57 Å². The van der Waals surface area contributed by atoms with E-state index >= 15 is 0 Å². The predicted molar refractivity (Wildman–Crippen MR) is 48.6 cm³/mol. The van der Waals surface area contributed by atoms with E-state index in [-0.39, 0.29) is 11.6 Å². The molecule has 13 heavy (non-hydrogen) atoms. The quantitative estimate of drug-likeness (QED) is 0.642. The van der Waals surface area contributed by atoms with E-state index in [2.05, 4.69) is 0 Å². The highest BCUT2D eigenvalue weighted by Crippen LogP contribution is 2.27. The zero-order valence-corrected chi connectivity index (χ0v) is 7.09. The van der Waals surface area contributed by atoms with Gasteiger partial charge in [0.2, 0.25) is 0 Å². The molecule has 0 saturated carbocycles. The van der Waals surface area contributed by atoms with E-state index < -0.39 is 0 Å². The van der Waals surface area contributed by atoms with Crippen molar-refractivity contribution >= 4 is 11.4 Å². The predicted octanol–water partition coefficient (Wildman–Crippen LogP) is 2.57. The largest absolute Gasteiger partial charge is 0.295 e. The van der Waals surface area contributed by atoms with Crippen LogP contribution in [0.2, 0.25) is 0 Å². The SMILES string of the molecule is O=C1C=C(c2ccccc2F)CC1. The van der Waals surface area contributed by atoms with Crippen molar-refractivity contribution in [2.24, 2.45) is 0 Å². The minimum absolute atomic E-state index is 0.0956. The van der Waals surface area contributed by atoms with Crippen LogP contribution in [-0.2, 0) is 4.79 Å². The van der Waals surface area contributed by atoms with Gasteiger partial charge >= 0.3 is 0 Å². The van der Waals surface area contributed by atoms with Gasteiger partial charge in [-0.15, -0.1) is 0 Å². The summed E-state index contributed by atoms with van der Waals surface area (Å²) in [5.41, 5.74) is 1.39. The van der Waals surface area contributed by atoms with E-state index in [0.29, 0.717) is 18.4 Å². The van der Waals surface area contributed by atoms with Crippen molar-refractivity contribution in [3.63, 3.8) is 0 Å². The summed E-state index contributed by atoms with van der Waals surface area (Å²) in [5, 5.41) is 0. The first-order valence-corrected chi connectivity index (χ1v) is 4.25. The second-order valence-corrected chi connectivity index (χ2v) is 3.12. The number of rotatable bonds is 1. The average Bonchev–Trinajstić information content (AvgIpc) is 2.53. The standard InChI is InChI=1S/C11H9FO/c12-11-4-2-1-3-10(11)8-5-6-9(13)7-8/h1-4,7H,5-6H2. The summed E-state index contributed by atoms with van der Waals surface area (Å²) in [5.74, 6) is -0.151. The van der Waals surface area contributed by atoms with Gasteiger partial charge in [-0.1, -0.05) is 18.2 Å². The van der Waals surface area contributed by atoms with Crippen molar-refractivity contribution in [3.8, 4) is 0 Å². The van der Waals surface area contributed by atoms with Crippen molar-refractivity contribution < 1.29 is 9.18 Å². The van der Waals surface area contributed by atoms with Crippen LogP contribution in [0.5, 0.6) is 0 Å². The van der Waals surface area contributed by atoms with E-state index in [0.717, 1.165) is 5.57 Å². The number of hydrogen-bond acceptors (Lipinski definition) is 1. The zero-order valence-electron chi connectivity index (χ0n) is 7.09. The minimum atomic E-state index is -0.247. The summed E-state index contributed by atoms with van der Waals surface area (Å²) in [7, 11) is 0. The lowest BCUT2D eigenvalue weighted by Gasteiger charge is -2.01. The molecule has 0 radical (unpaired) electrons. The topological polar surface area (TPSA) is 17.1 Å². The first-order valence-electron chi connectivity index (χ1n) is 4.25. The molecule has 1 nitrogen and oxygen atoms in total. The maximum Gasteiger partial charge on any atom is 0.156 e. The summed E-state index contributed by atoms with van der Waals surface area (Å²) in [4.78, 5) is 10.9. The molecule has 0 spiro atoms. The highest BCUT2D eigenvalue weighted by molar-refractivity contribution is 6.01. The van der Waals surface area contributed by atoms with Crippen molar-refractivity contribution in [1.82, 2.24) is 0 Å². The molecule has 66 valence electrons. The van der Waals surface area contributed by atoms with Gasteiger partial charge in [-0.2, -0.15) is 0 Å². The monoisotopic (exact) mass is 176 g/mol. The first-order chi connectivity index (χ1) is 6.27. The van der Waals surface area contributed by atoms with Crippen LogP contribution in [0.15, 0.2) is 30.3 Å². The molecule has 0 unspecified atom stereocenters. The molecule has 1 aliphatic carbocycles. The van der Waals surface area contributed by atoms with Crippen LogP contribution in [-0.4, -0.2) is 5.78 Å². The molecule has 0 N–H and O–H groups in total. The van der Waals surface area contributed by atoms with Crippen molar-refractivity contribution in [2.45, 2.75) is 12.8 Å². The van der Waals surface area contributed by atoms with Gasteiger partial charge < -0.3 is 0 Å². The summed E-state index contributed by atoms with van der Waals surface area (Å²) >= 11 is 0. The molecule has 1 aromatic carbocycles. The van der Waals surface area contributed by atoms with Crippen LogP contribution in [0.3, 0.4) is 0 Å². The average molecular weight is 176 g/mol. The zero-order chi connectivity index (χ0) is 9.26. The first kappa shape index (κ1) is 8.17. The molecule has 2 rings (SSSR count). The Kier molecular flexibility index (Phi) is 1.97. The lowest BCUT2D eigenvalue weighted by Crippen LogP contribution is -1.85. The summed E-state index contributed by atoms with van der Waals surface area (Å²) in [6, 6.07) is 6.55. The van der Waals surface area contributed by atoms with Crippen molar-refractivity contribution in [1.29, 1.82) is 0 Å². The van der Waals surface area contributed by atoms with Gasteiger partial charge in [0.25, 0.3) is 0 Å². The van der Waals surface area contributed by atoms with E-state index in [1.54, 1.807) is 24.3 Å². The number of halogens is 1. The highest BCUT2D eigenvalue weighted by atomic mass is 19.1. The molecule has 0 fully saturated rings. The van der Waals surface area contributed by atoms with Gasteiger partial charge in [0, 0.05) is 12.0 Å². The molecule has 0 aromatic heterocycles. The van der Waals surface area contributed by atoms with E-state index in [1.165, 1.54) is 6.07 Å². The van der Waals surface area contributed by atoms with Crippen LogP contribution < -0.4 is 0 Å². The second kappa shape index (κ2) is 3.13. The molecule has 0 bridgehead atoms. The Morgan fingerprint density at radius 1 is 1.15 bits per heavy atom. The summed E-state index contributed by atoms with van der Waals surface area (Å²) < 4.78 is 13.2. The van der Waals surface area contributed by atoms with Gasteiger partial charge in [0.05, 0.1) is 0 Å². The smallest absolute Gasteiger partial charge is 0.156 e. The van der Waals surface area contributed by atoms with E-state index in [9.17, 15) is 9.18 Å². The van der Waals surface area contributed by atoms with Crippen LogP contribution in [0.1, 0.15) is 18.4 Å². The lowest BCUT2D eigenvalue weighted by atomic mass is 10.1. The Balaban J connectivity index is 2.41. The molecular weight excluding hydrogens is 167 g/mol. The third-order valence-corrected chi connectivity index (χ3v) is 2.20. The molecular formula is C11H9FO. The fourth-order valence-electron chi connectivity index (χ4n) is 1.53. The van der Waals surface area contributed by atoms with Gasteiger partial charge in [0.15, 0.2) is 5.78 Å². The Labute approximate surface area is 75.9 Å². The fourth-order valence-corrected chi connectivity index (χ4v) is 1.53. The van der Waals surface area contributed by atoms with Gasteiger partial charge in [-0.25, -0.2) is 4.39 Å². The maximum atomic E-state index is 13.2. The number of allylic oxidation sites excluding steroid dienone is 2. The molecule has 0 atom stereocenters. The lowest BCUT2D eigenvalue weighted by molar-refractivity contribution is -0.114. The Hall–Kier alpha value is -1.44. The molecule has 0 saturated heterocycles. The molecule has 2 heteroatoms. The van der Waals surface area contributed by atoms with Crippen molar-refractivity contribution in [2.75, 3.05) is 0 Å². The molecule has 1 aliphatic rings. The van der Waals surface area contributed by atoms with Crippen molar-refractivity contribution in [3.05, 3.63) is 41.7 Å². The Morgan fingerprint density at radius 2 is 1.92 bits per heavy atom. The minimum Gasteiger partial charge on any atom is -0.295 e. The van der Waals surface area contributed by atoms with Gasteiger partial charge in [-0.05, 0) is 24.1 Å². The summed E-state index contributed by atoms with van der Waals surface area (Å²) in [6.07, 6.45) is 2.72. The highest BCUT2D eigenvalue weighted by Gasteiger charge is 2.15. The number of benzene rings is 1. The molecule has 1 aromatic rings. The number of ketones is 1. The summed E-state index contributed by atoms with van der Waals surface area (Å²) in [6.45, 7) is 0. The number of carbonyl (C=O) groups excluding carboxylic acids is 1. The normalized spacial score (nSPS) is 16.1. The van der Waals surface area contributed by atoms with E-state index in [1.807, 2.05) is 0 Å². The maximum absolute atomic E-state index is 13.2. The van der Waals surface area contributed by atoms with Crippen LogP contribution >= 0.6 is 0 Å². The molecule has 0 amide bonds. The van der Waals surface area contributed by atoms with E-state index in [4.69, 9.17) is 0 Å². The number of hydrogen-bond donors (Lipinski definition) is 0. The van der Waals surface area contributed by atoms with Crippen LogP contribution in [0.4, 0.5) is 4.39 Å².